The highest BCUT2D eigenvalue weighted by molar-refractivity contribution is 5.40. The Morgan fingerprint density at radius 1 is 1.33 bits per heavy atom. The third kappa shape index (κ3) is 4.66. The quantitative estimate of drug-likeness (QED) is 0.559. The first-order valence-electron chi connectivity index (χ1n) is 5.74. The lowest BCUT2D eigenvalue weighted by atomic mass is 10.2. The fraction of sp³-hybridized carbons (Fsp3) is 0.429. The van der Waals surface area contributed by atoms with Gasteiger partial charge >= 0.3 is 0 Å². The van der Waals surface area contributed by atoms with E-state index in [0.717, 1.165) is 23.6 Å². The number of nitrogens with one attached hydrogen (secondary N) is 1. The summed E-state index contributed by atoms with van der Waals surface area (Å²) in [6.45, 7) is 2.42. The lowest BCUT2D eigenvalue weighted by Crippen LogP contribution is -2.19. The molecule has 1 rings (SSSR count). The van der Waals surface area contributed by atoms with E-state index in [1.54, 1.807) is 14.2 Å². The molecule has 4 nitrogen and oxygen atoms in total. The summed E-state index contributed by atoms with van der Waals surface area (Å²) in [7, 11) is 3.30. The van der Waals surface area contributed by atoms with Crippen molar-refractivity contribution in [2.75, 3.05) is 34.0 Å². The standard InChI is InChI=1S/C14H19NO3/c1-4-8-18-14-10-13(17-3)6-5-12(14)11-15-7-9-16-2/h1,5-6,10,15H,7-9,11H2,2-3H3. The molecule has 0 saturated heterocycles. The third-order valence-corrected chi connectivity index (χ3v) is 2.38. The molecule has 0 bridgehead atoms. The number of terminal acetylenes is 1. The molecule has 98 valence electrons. The first-order chi connectivity index (χ1) is 8.81. The van der Waals surface area contributed by atoms with E-state index in [-0.39, 0.29) is 6.61 Å². The van der Waals surface area contributed by atoms with E-state index < -0.39 is 0 Å². The van der Waals surface area contributed by atoms with Crippen molar-refractivity contribution in [3.8, 4) is 23.8 Å². The van der Waals surface area contributed by atoms with Gasteiger partial charge in [-0.3, -0.25) is 0 Å². The molecular formula is C14H19NO3. The van der Waals surface area contributed by atoms with Gasteiger partial charge in [0.15, 0.2) is 0 Å². The SMILES string of the molecule is C#CCOc1cc(OC)ccc1CNCCOC. The number of hydrogen-bond acceptors (Lipinski definition) is 4. The van der Waals surface area contributed by atoms with Crippen LogP contribution in [0.1, 0.15) is 5.56 Å². The fourth-order valence-electron chi connectivity index (χ4n) is 1.46. The molecule has 0 fully saturated rings. The van der Waals surface area contributed by atoms with Crippen LogP contribution in [-0.4, -0.2) is 34.0 Å². The van der Waals surface area contributed by atoms with Crippen LogP contribution < -0.4 is 14.8 Å². The maximum Gasteiger partial charge on any atom is 0.148 e. The topological polar surface area (TPSA) is 39.7 Å². The van der Waals surface area contributed by atoms with Gasteiger partial charge in [0.2, 0.25) is 0 Å². The normalized spacial score (nSPS) is 9.83. The monoisotopic (exact) mass is 249 g/mol. The van der Waals surface area contributed by atoms with Crippen LogP contribution in [0.2, 0.25) is 0 Å². The van der Waals surface area contributed by atoms with Gasteiger partial charge in [0.25, 0.3) is 0 Å². The number of hydrogen-bond donors (Lipinski definition) is 1. The van der Waals surface area contributed by atoms with Crippen LogP contribution in [0.15, 0.2) is 18.2 Å². The van der Waals surface area contributed by atoms with Crippen molar-refractivity contribution in [1.82, 2.24) is 5.32 Å². The Kier molecular flexibility index (Phi) is 6.70. The molecule has 1 aromatic carbocycles. The van der Waals surface area contributed by atoms with E-state index in [1.807, 2.05) is 18.2 Å². The Labute approximate surface area is 108 Å². The number of ether oxygens (including phenoxy) is 3. The van der Waals surface area contributed by atoms with E-state index >= 15 is 0 Å². The first kappa shape index (κ1) is 14.4. The van der Waals surface area contributed by atoms with Crippen LogP contribution in [0, 0.1) is 12.3 Å². The Balaban J connectivity index is 2.66. The van der Waals surface area contributed by atoms with E-state index in [0.29, 0.717) is 13.2 Å². The summed E-state index contributed by atoms with van der Waals surface area (Å²) in [5, 5.41) is 3.26. The van der Waals surface area contributed by atoms with E-state index in [1.165, 1.54) is 0 Å². The highest BCUT2D eigenvalue weighted by Gasteiger charge is 2.05. The molecule has 1 N–H and O–H groups in total. The smallest absolute Gasteiger partial charge is 0.148 e. The third-order valence-electron chi connectivity index (χ3n) is 2.38. The van der Waals surface area contributed by atoms with Crippen molar-refractivity contribution in [2.24, 2.45) is 0 Å². The zero-order valence-corrected chi connectivity index (χ0v) is 10.9. The molecule has 0 amide bonds. The van der Waals surface area contributed by atoms with Gasteiger partial charge in [-0.25, -0.2) is 0 Å². The minimum absolute atomic E-state index is 0.248. The molecule has 0 spiro atoms. The van der Waals surface area contributed by atoms with Crippen LogP contribution in [0.3, 0.4) is 0 Å². The van der Waals surface area contributed by atoms with Gasteiger partial charge in [-0.05, 0) is 6.07 Å². The summed E-state index contributed by atoms with van der Waals surface area (Å²) in [6.07, 6.45) is 5.20. The van der Waals surface area contributed by atoms with Gasteiger partial charge in [-0.15, -0.1) is 6.42 Å². The number of methoxy groups -OCH3 is 2. The Morgan fingerprint density at radius 2 is 2.17 bits per heavy atom. The minimum atomic E-state index is 0.248. The van der Waals surface area contributed by atoms with Gasteiger partial charge < -0.3 is 19.5 Å². The predicted molar refractivity (Wildman–Crippen MR) is 70.9 cm³/mol. The molecular weight excluding hydrogens is 230 g/mol. The molecule has 0 atom stereocenters. The molecule has 0 aromatic heterocycles. The van der Waals surface area contributed by atoms with E-state index in [4.69, 9.17) is 20.6 Å². The van der Waals surface area contributed by atoms with Crippen LogP contribution in [0.4, 0.5) is 0 Å². The second-order valence-electron chi connectivity index (χ2n) is 3.64. The van der Waals surface area contributed by atoms with Crippen molar-refractivity contribution in [3.05, 3.63) is 23.8 Å². The predicted octanol–water partition coefficient (Wildman–Crippen LogP) is 1.44. The summed E-state index contributed by atoms with van der Waals surface area (Å²) in [6, 6.07) is 5.70. The lowest BCUT2D eigenvalue weighted by Gasteiger charge is -2.12. The lowest BCUT2D eigenvalue weighted by molar-refractivity contribution is 0.199. The Hall–Kier alpha value is -1.70. The highest BCUT2D eigenvalue weighted by Crippen LogP contribution is 2.24. The largest absolute Gasteiger partial charge is 0.497 e. The summed E-state index contributed by atoms with van der Waals surface area (Å²) in [5.41, 5.74) is 1.04. The number of benzene rings is 1. The summed E-state index contributed by atoms with van der Waals surface area (Å²) < 4.78 is 15.6. The summed E-state index contributed by atoms with van der Waals surface area (Å²) in [5.74, 6) is 3.95. The molecule has 18 heavy (non-hydrogen) atoms. The van der Waals surface area contributed by atoms with E-state index in [9.17, 15) is 0 Å². The van der Waals surface area contributed by atoms with Crippen LogP contribution in [0.25, 0.3) is 0 Å². The maximum absolute atomic E-state index is 5.50. The van der Waals surface area contributed by atoms with Crippen LogP contribution in [-0.2, 0) is 11.3 Å². The number of rotatable bonds is 8. The van der Waals surface area contributed by atoms with Gasteiger partial charge in [0, 0.05) is 31.8 Å². The zero-order valence-electron chi connectivity index (χ0n) is 10.9. The van der Waals surface area contributed by atoms with Crippen LogP contribution >= 0.6 is 0 Å². The van der Waals surface area contributed by atoms with Crippen LogP contribution in [0.5, 0.6) is 11.5 Å². The van der Waals surface area contributed by atoms with Crippen molar-refractivity contribution in [2.45, 2.75) is 6.54 Å². The van der Waals surface area contributed by atoms with Gasteiger partial charge in [0.05, 0.1) is 13.7 Å². The molecule has 4 heteroatoms. The molecule has 0 radical (unpaired) electrons. The molecule has 0 unspecified atom stereocenters. The summed E-state index contributed by atoms with van der Waals surface area (Å²) >= 11 is 0. The summed E-state index contributed by atoms with van der Waals surface area (Å²) in [4.78, 5) is 0. The molecule has 1 aromatic rings. The molecule has 0 aliphatic heterocycles. The average Bonchev–Trinajstić information content (AvgIpc) is 2.42. The maximum atomic E-state index is 5.50. The molecule has 0 saturated carbocycles. The fourth-order valence-corrected chi connectivity index (χ4v) is 1.46. The minimum Gasteiger partial charge on any atom is -0.497 e. The van der Waals surface area contributed by atoms with Crippen molar-refractivity contribution in [3.63, 3.8) is 0 Å². The van der Waals surface area contributed by atoms with Crippen molar-refractivity contribution < 1.29 is 14.2 Å². The highest BCUT2D eigenvalue weighted by atomic mass is 16.5. The Morgan fingerprint density at radius 3 is 2.83 bits per heavy atom. The first-order valence-corrected chi connectivity index (χ1v) is 5.74. The van der Waals surface area contributed by atoms with Gasteiger partial charge in [-0.1, -0.05) is 12.0 Å². The van der Waals surface area contributed by atoms with Gasteiger partial charge in [-0.2, -0.15) is 0 Å². The van der Waals surface area contributed by atoms with E-state index in [2.05, 4.69) is 11.2 Å². The molecule has 0 aliphatic carbocycles. The van der Waals surface area contributed by atoms with Gasteiger partial charge in [0.1, 0.15) is 18.1 Å². The van der Waals surface area contributed by atoms with Crippen molar-refractivity contribution in [1.29, 1.82) is 0 Å². The Bertz CT molecular complexity index is 399. The second-order valence-corrected chi connectivity index (χ2v) is 3.64. The molecule has 0 heterocycles. The van der Waals surface area contributed by atoms with Crippen molar-refractivity contribution >= 4 is 0 Å². The zero-order chi connectivity index (χ0) is 13.2. The average molecular weight is 249 g/mol. The molecule has 0 aliphatic rings. The second kappa shape index (κ2) is 8.40.